The molecular formula is C16H19N5O3. The molecule has 0 saturated carbocycles. The van der Waals surface area contributed by atoms with Crippen LogP contribution in [0.2, 0.25) is 0 Å². The molecule has 3 rings (SSSR count). The summed E-state index contributed by atoms with van der Waals surface area (Å²) in [6.07, 6.45) is -0.572. The van der Waals surface area contributed by atoms with Crippen molar-refractivity contribution in [1.82, 2.24) is 19.1 Å². The van der Waals surface area contributed by atoms with Crippen molar-refractivity contribution in [1.29, 1.82) is 0 Å². The summed E-state index contributed by atoms with van der Waals surface area (Å²) >= 11 is 0. The normalized spacial score (nSPS) is 12.5. The Morgan fingerprint density at radius 1 is 1.29 bits per heavy atom. The van der Waals surface area contributed by atoms with E-state index in [4.69, 9.17) is 0 Å². The number of anilines is 1. The van der Waals surface area contributed by atoms with Crippen molar-refractivity contribution in [3.05, 3.63) is 56.7 Å². The minimum absolute atomic E-state index is 0.282. The van der Waals surface area contributed by atoms with Gasteiger partial charge in [0, 0.05) is 13.6 Å². The van der Waals surface area contributed by atoms with E-state index in [0.29, 0.717) is 23.7 Å². The molecule has 0 saturated heterocycles. The van der Waals surface area contributed by atoms with Gasteiger partial charge in [-0.15, -0.1) is 0 Å². The zero-order valence-electron chi connectivity index (χ0n) is 13.5. The van der Waals surface area contributed by atoms with Gasteiger partial charge in [0.05, 0.1) is 12.6 Å². The second kappa shape index (κ2) is 6.32. The number of nitrogens with zero attached hydrogens (tertiary/aromatic N) is 3. The monoisotopic (exact) mass is 329 g/mol. The van der Waals surface area contributed by atoms with E-state index >= 15 is 0 Å². The number of fused-ring (bicyclic) bond motifs is 1. The van der Waals surface area contributed by atoms with Crippen LogP contribution in [0.5, 0.6) is 0 Å². The number of aromatic nitrogens is 4. The fraction of sp³-hybridized carbons (Fsp3) is 0.312. The van der Waals surface area contributed by atoms with Crippen molar-refractivity contribution < 1.29 is 5.11 Å². The molecule has 3 N–H and O–H groups in total. The molecule has 3 aromatic rings. The fourth-order valence-electron chi connectivity index (χ4n) is 2.53. The standard InChI is InChI=1S/C16H19N5O3/c1-10(22)8-17-15-18-13-12(14(23)19-16(24)20(13)2)21(15)9-11-6-4-3-5-7-11/h3-7,10,22H,8-9H2,1-2H3,(H,17,18)(H,19,23,24)/t10-/m0/s1. The van der Waals surface area contributed by atoms with Gasteiger partial charge in [0.2, 0.25) is 5.95 Å². The fourth-order valence-corrected chi connectivity index (χ4v) is 2.53. The van der Waals surface area contributed by atoms with Crippen molar-refractivity contribution in [3.63, 3.8) is 0 Å². The van der Waals surface area contributed by atoms with Crippen LogP contribution >= 0.6 is 0 Å². The van der Waals surface area contributed by atoms with Crippen LogP contribution in [-0.4, -0.2) is 36.9 Å². The maximum absolute atomic E-state index is 12.3. The van der Waals surface area contributed by atoms with Gasteiger partial charge >= 0.3 is 5.69 Å². The van der Waals surface area contributed by atoms with Crippen LogP contribution in [0.25, 0.3) is 11.2 Å². The first-order valence-corrected chi connectivity index (χ1v) is 7.62. The lowest BCUT2D eigenvalue weighted by Crippen LogP contribution is -2.29. The van der Waals surface area contributed by atoms with E-state index in [-0.39, 0.29) is 6.54 Å². The molecule has 0 spiro atoms. The molecule has 0 fully saturated rings. The average molecular weight is 329 g/mol. The van der Waals surface area contributed by atoms with Crippen molar-refractivity contribution in [3.8, 4) is 0 Å². The molecule has 126 valence electrons. The lowest BCUT2D eigenvalue weighted by Gasteiger charge is -2.11. The number of rotatable bonds is 5. The summed E-state index contributed by atoms with van der Waals surface area (Å²) in [5.41, 5.74) is 0.604. The summed E-state index contributed by atoms with van der Waals surface area (Å²) in [5.74, 6) is 0.432. The van der Waals surface area contributed by atoms with Crippen LogP contribution in [-0.2, 0) is 13.6 Å². The summed E-state index contributed by atoms with van der Waals surface area (Å²) in [6.45, 7) is 2.35. The number of nitrogens with one attached hydrogen (secondary N) is 2. The maximum Gasteiger partial charge on any atom is 0.329 e. The number of benzene rings is 1. The summed E-state index contributed by atoms with van der Waals surface area (Å²) < 4.78 is 3.01. The first kappa shape index (κ1) is 16.0. The number of aliphatic hydroxyl groups is 1. The molecule has 2 aromatic heterocycles. The first-order chi connectivity index (χ1) is 11.5. The van der Waals surface area contributed by atoms with Crippen LogP contribution in [0.1, 0.15) is 12.5 Å². The SMILES string of the molecule is C[C@H](O)CNc1nc2c(c(=O)[nH]c(=O)n2C)n1Cc1ccccc1. The van der Waals surface area contributed by atoms with Crippen LogP contribution in [0, 0.1) is 0 Å². The van der Waals surface area contributed by atoms with Gasteiger partial charge < -0.3 is 10.4 Å². The molecule has 24 heavy (non-hydrogen) atoms. The Morgan fingerprint density at radius 2 is 2.00 bits per heavy atom. The number of aromatic amines is 1. The Morgan fingerprint density at radius 3 is 2.67 bits per heavy atom. The van der Waals surface area contributed by atoms with Crippen molar-refractivity contribution in [2.45, 2.75) is 19.6 Å². The summed E-state index contributed by atoms with van der Waals surface area (Å²) in [4.78, 5) is 30.8. The Kier molecular flexibility index (Phi) is 4.22. The highest BCUT2D eigenvalue weighted by atomic mass is 16.3. The number of H-pyrrole nitrogens is 1. The van der Waals surface area contributed by atoms with E-state index in [1.54, 1.807) is 18.5 Å². The molecule has 0 unspecified atom stereocenters. The van der Waals surface area contributed by atoms with Crippen molar-refractivity contribution in [2.24, 2.45) is 7.05 Å². The van der Waals surface area contributed by atoms with Crippen LogP contribution in [0.4, 0.5) is 5.95 Å². The molecule has 8 nitrogen and oxygen atoms in total. The molecule has 0 amide bonds. The van der Waals surface area contributed by atoms with Gasteiger partial charge in [0.1, 0.15) is 0 Å². The van der Waals surface area contributed by atoms with Crippen molar-refractivity contribution >= 4 is 17.1 Å². The third-order valence-electron chi connectivity index (χ3n) is 3.75. The minimum Gasteiger partial charge on any atom is -0.392 e. The zero-order chi connectivity index (χ0) is 17.3. The van der Waals surface area contributed by atoms with E-state index in [1.807, 2.05) is 30.3 Å². The molecule has 0 bridgehead atoms. The topological polar surface area (TPSA) is 105 Å². The van der Waals surface area contributed by atoms with Gasteiger partial charge in [-0.2, -0.15) is 4.98 Å². The van der Waals surface area contributed by atoms with Gasteiger partial charge in [0.15, 0.2) is 11.2 Å². The van der Waals surface area contributed by atoms with E-state index < -0.39 is 17.4 Å². The summed E-state index contributed by atoms with van der Waals surface area (Å²) in [5, 5.41) is 12.5. The second-order valence-corrected chi connectivity index (χ2v) is 5.73. The molecule has 1 aromatic carbocycles. The first-order valence-electron chi connectivity index (χ1n) is 7.62. The van der Waals surface area contributed by atoms with Crippen LogP contribution in [0.3, 0.4) is 0 Å². The Labute approximate surface area is 137 Å². The highest BCUT2D eigenvalue weighted by Crippen LogP contribution is 2.17. The van der Waals surface area contributed by atoms with Gasteiger partial charge in [-0.05, 0) is 12.5 Å². The van der Waals surface area contributed by atoms with Crippen molar-refractivity contribution in [2.75, 3.05) is 11.9 Å². The predicted molar refractivity (Wildman–Crippen MR) is 91.3 cm³/mol. The zero-order valence-corrected chi connectivity index (χ0v) is 13.5. The largest absolute Gasteiger partial charge is 0.392 e. The number of aliphatic hydroxyl groups excluding tert-OH is 1. The number of aryl methyl sites for hydroxylation is 1. The van der Waals surface area contributed by atoms with Gasteiger partial charge in [-0.3, -0.25) is 18.9 Å². The van der Waals surface area contributed by atoms with Crippen LogP contribution < -0.4 is 16.6 Å². The van der Waals surface area contributed by atoms with E-state index in [9.17, 15) is 14.7 Å². The Balaban J connectivity index is 2.19. The lowest BCUT2D eigenvalue weighted by molar-refractivity contribution is 0.208. The Bertz CT molecular complexity index is 969. The molecule has 8 heteroatoms. The predicted octanol–water partition coefficient (Wildman–Crippen LogP) is 0.264. The Hall–Kier alpha value is -2.87. The molecule has 0 aliphatic carbocycles. The summed E-state index contributed by atoms with van der Waals surface area (Å²) in [6, 6.07) is 9.63. The quantitative estimate of drug-likeness (QED) is 0.623. The third kappa shape index (κ3) is 2.95. The van der Waals surface area contributed by atoms with E-state index in [0.717, 1.165) is 5.56 Å². The van der Waals surface area contributed by atoms with E-state index in [2.05, 4.69) is 15.3 Å². The lowest BCUT2D eigenvalue weighted by atomic mass is 10.2. The summed E-state index contributed by atoms with van der Waals surface area (Å²) in [7, 11) is 1.55. The molecule has 2 heterocycles. The number of imidazole rings is 1. The molecule has 1 atom stereocenters. The number of hydrogen-bond donors (Lipinski definition) is 3. The molecule has 0 radical (unpaired) electrons. The molecule has 0 aliphatic heterocycles. The van der Waals surface area contributed by atoms with Gasteiger partial charge in [-0.1, -0.05) is 30.3 Å². The van der Waals surface area contributed by atoms with Gasteiger partial charge in [-0.25, -0.2) is 4.79 Å². The number of hydrogen-bond acceptors (Lipinski definition) is 5. The third-order valence-corrected chi connectivity index (χ3v) is 3.75. The molecular weight excluding hydrogens is 310 g/mol. The maximum atomic E-state index is 12.3. The average Bonchev–Trinajstić information content (AvgIpc) is 2.91. The highest BCUT2D eigenvalue weighted by Gasteiger charge is 2.17. The highest BCUT2D eigenvalue weighted by molar-refractivity contribution is 5.74. The van der Waals surface area contributed by atoms with Gasteiger partial charge in [0.25, 0.3) is 5.56 Å². The minimum atomic E-state index is -0.572. The smallest absolute Gasteiger partial charge is 0.329 e. The van der Waals surface area contributed by atoms with Crippen LogP contribution in [0.15, 0.2) is 39.9 Å². The molecule has 0 aliphatic rings. The second-order valence-electron chi connectivity index (χ2n) is 5.73. The van der Waals surface area contributed by atoms with E-state index in [1.165, 1.54) is 4.57 Å².